The second-order valence-corrected chi connectivity index (χ2v) is 5.64. The van der Waals surface area contributed by atoms with Crippen LogP contribution in [0.25, 0.3) is 10.8 Å². The Hall–Kier alpha value is -2.82. The fraction of sp³-hybridized carbons (Fsp3) is 0.105. The van der Waals surface area contributed by atoms with Gasteiger partial charge in [0.15, 0.2) is 5.71 Å². The summed E-state index contributed by atoms with van der Waals surface area (Å²) in [5.74, 6) is 0. The maximum atomic E-state index is 13.6. The number of aliphatic imine (C=N–C) groups is 1. The summed E-state index contributed by atoms with van der Waals surface area (Å²) in [6, 6.07) is 19.5. The zero-order chi connectivity index (χ0) is 16.7. The Balaban J connectivity index is 1.95. The van der Waals surface area contributed by atoms with Crippen LogP contribution in [0.5, 0.6) is 0 Å². The van der Waals surface area contributed by atoms with E-state index in [-0.39, 0.29) is 5.56 Å². The van der Waals surface area contributed by atoms with E-state index in [0.717, 1.165) is 10.8 Å². The highest BCUT2D eigenvalue weighted by molar-refractivity contribution is 6.15. The third kappa shape index (κ3) is 2.42. The van der Waals surface area contributed by atoms with Crippen molar-refractivity contribution in [1.29, 1.82) is 0 Å². The number of halogens is 3. The minimum Gasteiger partial charge on any atom is -0.359 e. The minimum atomic E-state index is -4.51. The highest BCUT2D eigenvalue weighted by Crippen LogP contribution is 2.39. The molecule has 4 rings (SSSR count). The van der Waals surface area contributed by atoms with Crippen LogP contribution in [0.3, 0.4) is 0 Å². The molecule has 0 bridgehead atoms. The summed E-state index contributed by atoms with van der Waals surface area (Å²) < 4.78 is 40.7. The largest absolute Gasteiger partial charge is 0.433 e. The third-order valence-corrected chi connectivity index (χ3v) is 4.11. The molecule has 0 saturated heterocycles. The molecule has 0 aliphatic carbocycles. The number of benzene rings is 3. The molecular weight excluding hydrogens is 313 g/mol. The lowest BCUT2D eigenvalue weighted by Crippen LogP contribution is -2.30. The van der Waals surface area contributed by atoms with Crippen molar-refractivity contribution in [1.82, 2.24) is 0 Å². The Labute approximate surface area is 136 Å². The summed E-state index contributed by atoms with van der Waals surface area (Å²) in [5, 5.41) is 4.82. The van der Waals surface area contributed by atoms with Gasteiger partial charge in [-0.15, -0.1) is 0 Å². The van der Waals surface area contributed by atoms with E-state index >= 15 is 0 Å². The van der Waals surface area contributed by atoms with E-state index in [1.54, 1.807) is 30.3 Å². The Bertz CT molecular complexity index is 930. The van der Waals surface area contributed by atoms with Crippen LogP contribution in [-0.4, -0.2) is 11.9 Å². The first-order valence-electron chi connectivity index (χ1n) is 7.52. The topological polar surface area (TPSA) is 24.4 Å². The van der Waals surface area contributed by atoms with Crippen LogP contribution in [-0.2, 0) is 0 Å². The Kier molecular flexibility index (Phi) is 3.30. The number of rotatable bonds is 1. The fourth-order valence-electron chi connectivity index (χ4n) is 3.01. The van der Waals surface area contributed by atoms with Crippen molar-refractivity contribution in [2.75, 3.05) is 5.32 Å². The van der Waals surface area contributed by atoms with Crippen molar-refractivity contribution in [2.24, 2.45) is 4.99 Å². The summed E-state index contributed by atoms with van der Waals surface area (Å²) in [7, 11) is 0. The van der Waals surface area contributed by atoms with E-state index in [9.17, 15) is 13.2 Å². The second kappa shape index (κ2) is 5.37. The number of hydrogen-bond acceptors (Lipinski definition) is 2. The molecule has 1 atom stereocenters. The van der Waals surface area contributed by atoms with Gasteiger partial charge in [-0.25, -0.2) is 0 Å². The molecule has 1 N–H and O–H groups in total. The van der Waals surface area contributed by atoms with Crippen LogP contribution in [0.1, 0.15) is 17.3 Å². The molecule has 2 nitrogen and oxygen atoms in total. The summed E-state index contributed by atoms with van der Waals surface area (Å²) in [4.78, 5) is 3.95. The average molecular weight is 326 g/mol. The van der Waals surface area contributed by atoms with Crippen LogP contribution in [0.2, 0.25) is 0 Å². The number of alkyl halides is 3. The van der Waals surface area contributed by atoms with E-state index in [4.69, 9.17) is 0 Å². The average Bonchev–Trinajstić information content (AvgIpc) is 2.60. The normalized spacial score (nSPS) is 17.1. The smallest absolute Gasteiger partial charge is 0.359 e. The van der Waals surface area contributed by atoms with E-state index in [1.165, 1.54) is 6.07 Å². The van der Waals surface area contributed by atoms with E-state index in [2.05, 4.69) is 10.3 Å². The number of fused-ring (bicyclic) bond motifs is 3. The summed E-state index contributed by atoms with van der Waals surface area (Å²) in [6.45, 7) is 0. The van der Waals surface area contributed by atoms with Crippen molar-refractivity contribution in [3.8, 4) is 0 Å². The van der Waals surface area contributed by atoms with Gasteiger partial charge >= 0.3 is 6.18 Å². The molecule has 0 radical (unpaired) electrons. The molecule has 0 aromatic heterocycles. The molecule has 1 heterocycles. The number of hydrogen-bond donors (Lipinski definition) is 1. The van der Waals surface area contributed by atoms with Gasteiger partial charge in [0.25, 0.3) is 0 Å². The van der Waals surface area contributed by atoms with Gasteiger partial charge in [-0.2, -0.15) is 13.2 Å². The fourth-order valence-corrected chi connectivity index (χ4v) is 3.01. The van der Waals surface area contributed by atoms with Crippen molar-refractivity contribution in [2.45, 2.75) is 12.3 Å². The number of anilines is 1. The van der Waals surface area contributed by atoms with Gasteiger partial charge in [-0.3, -0.25) is 4.99 Å². The van der Waals surface area contributed by atoms with Crippen molar-refractivity contribution in [3.63, 3.8) is 0 Å². The van der Waals surface area contributed by atoms with E-state index in [0.29, 0.717) is 11.3 Å². The molecule has 120 valence electrons. The lowest BCUT2D eigenvalue weighted by Gasteiger charge is -2.28. The van der Waals surface area contributed by atoms with Gasteiger partial charge in [0, 0.05) is 10.9 Å². The van der Waals surface area contributed by atoms with E-state index < -0.39 is 18.1 Å². The first kappa shape index (κ1) is 14.8. The van der Waals surface area contributed by atoms with Crippen LogP contribution < -0.4 is 5.32 Å². The standard InChI is InChI=1S/C19H13F3N2/c20-19(21,22)17-15-11-10-12-6-4-5-9-14(12)16(15)23-18(24-17)13-7-2-1-3-8-13/h1-11,18,23H. The zero-order valence-electron chi connectivity index (χ0n) is 12.5. The van der Waals surface area contributed by atoms with Gasteiger partial charge in [0.2, 0.25) is 0 Å². The first-order valence-corrected chi connectivity index (χ1v) is 7.52. The predicted octanol–water partition coefficient (Wildman–Crippen LogP) is 5.32. The molecule has 0 amide bonds. The first-order chi connectivity index (χ1) is 11.5. The number of nitrogens with zero attached hydrogens (tertiary/aromatic N) is 1. The molecule has 3 aromatic rings. The van der Waals surface area contributed by atoms with Crippen LogP contribution in [0.15, 0.2) is 71.7 Å². The molecule has 0 fully saturated rings. The Morgan fingerprint density at radius 2 is 1.54 bits per heavy atom. The molecule has 0 spiro atoms. The summed E-state index contributed by atoms with van der Waals surface area (Å²) in [5.41, 5.74) is 0.423. The molecule has 1 aliphatic heterocycles. The van der Waals surface area contributed by atoms with Crippen LogP contribution in [0.4, 0.5) is 18.9 Å². The van der Waals surface area contributed by atoms with E-state index in [1.807, 2.05) is 30.3 Å². The molecule has 24 heavy (non-hydrogen) atoms. The highest BCUT2D eigenvalue weighted by atomic mass is 19.4. The number of nitrogens with one attached hydrogen (secondary N) is 1. The summed E-state index contributed by atoms with van der Waals surface area (Å²) >= 11 is 0. The van der Waals surface area contributed by atoms with Crippen LogP contribution in [0, 0.1) is 0 Å². The molecule has 1 unspecified atom stereocenters. The maximum absolute atomic E-state index is 13.6. The minimum absolute atomic E-state index is 0.0911. The predicted molar refractivity (Wildman–Crippen MR) is 89.3 cm³/mol. The third-order valence-electron chi connectivity index (χ3n) is 4.11. The second-order valence-electron chi connectivity index (χ2n) is 5.64. The molecule has 5 heteroatoms. The maximum Gasteiger partial charge on any atom is 0.433 e. The molecule has 1 aliphatic rings. The highest BCUT2D eigenvalue weighted by Gasteiger charge is 2.41. The van der Waals surface area contributed by atoms with Gasteiger partial charge in [0.05, 0.1) is 5.69 Å². The lowest BCUT2D eigenvalue weighted by molar-refractivity contribution is -0.0584. The monoisotopic (exact) mass is 326 g/mol. The molecule has 0 saturated carbocycles. The Morgan fingerprint density at radius 3 is 2.29 bits per heavy atom. The van der Waals surface area contributed by atoms with Crippen molar-refractivity contribution in [3.05, 3.63) is 77.9 Å². The van der Waals surface area contributed by atoms with Gasteiger partial charge in [-0.1, -0.05) is 66.7 Å². The van der Waals surface area contributed by atoms with Crippen molar-refractivity contribution < 1.29 is 13.2 Å². The van der Waals surface area contributed by atoms with Gasteiger partial charge in [-0.05, 0) is 10.9 Å². The van der Waals surface area contributed by atoms with Gasteiger partial charge < -0.3 is 5.32 Å². The summed E-state index contributed by atoms with van der Waals surface area (Å²) in [6.07, 6.45) is -5.27. The zero-order valence-corrected chi connectivity index (χ0v) is 12.5. The molecular formula is C19H13F3N2. The van der Waals surface area contributed by atoms with Crippen molar-refractivity contribution >= 4 is 22.2 Å². The SMILES string of the molecule is FC(F)(F)C1=NC(c2ccccc2)Nc2c1ccc1ccccc21. The van der Waals surface area contributed by atoms with Crippen LogP contribution >= 0.6 is 0 Å². The Morgan fingerprint density at radius 1 is 0.833 bits per heavy atom. The molecule has 3 aromatic carbocycles. The lowest BCUT2D eigenvalue weighted by atomic mass is 9.97. The quantitative estimate of drug-likeness (QED) is 0.643. The van der Waals surface area contributed by atoms with Gasteiger partial charge in [0.1, 0.15) is 6.17 Å².